The molecule has 0 saturated carbocycles. The lowest BCUT2D eigenvalue weighted by molar-refractivity contribution is 0.0698. The molecule has 0 aliphatic carbocycles. The van der Waals surface area contributed by atoms with Crippen molar-refractivity contribution in [3.8, 4) is 0 Å². The maximum absolute atomic E-state index is 12.0. The Morgan fingerprint density at radius 2 is 2.05 bits per heavy atom. The Morgan fingerprint density at radius 1 is 1.35 bits per heavy atom. The highest BCUT2D eigenvalue weighted by Gasteiger charge is 2.22. The minimum absolute atomic E-state index is 0.0821. The van der Waals surface area contributed by atoms with Crippen LogP contribution in [0.2, 0.25) is 10.0 Å². The number of rotatable bonds is 4. The lowest BCUT2D eigenvalue weighted by atomic mass is 10.2. The van der Waals surface area contributed by atoms with Crippen LogP contribution in [0.3, 0.4) is 0 Å². The molecule has 0 spiro atoms. The number of benzene rings is 1. The Hall–Kier alpha value is -1.77. The lowest BCUT2D eigenvalue weighted by Crippen LogP contribution is -2.15. The average molecular weight is 336 g/mol. The van der Waals surface area contributed by atoms with Crippen molar-refractivity contribution in [2.75, 3.05) is 4.72 Å². The molecule has 0 amide bonds. The molecule has 0 fully saturated rings. The van der Waals surface area contributed by atoms with E-state index in [4.69, 9.17) is 28.3 Å². The zero-order chi connectivity index (χ0) is 14.9. The normalized spacial score (nSPS) is 11.3. The lowest BCUT2D eigenvalue weighted by Gasteiger charge is -2.11. The molecule has 2 aromatic rings. The Bertz CT molecular complexity index is 759. The van der Waals surface area contributed by atoms with Crippen molar-refractivity contribution in [1.82, 2.24) is 10.2 Å². The fourth-order valence-electron chi connectivity index (χ4n) is 1.43. The molecule has 0 radical (unpaired) electrons. The number of nitrogens with zero attached hydrogens (tertiary/aromatic N) is 1. The highest BCUT2D eigenvalue weighted by atomic mass is 35.5. The summed E-state index contributed by atoms with van der Waals surface area (Å²) in [5.41, 5.74) is -0.612. The molecule has 1 aromatic carbocycles. The minimum Gasteiger partial charge on any atom is -0.478 e. The molecule has 106 valence electrons. The molecule has 3 N–H and O–H groups in total. The molecular formula is C10H7Cl2N3O4S. The van der Waals surface area contributed by atoms with Crippen LogP contribution in [-0.4, -0.2) is 29.7 Å². The van der Waals surface area contributed by atoms with E-state index in [1.165, 1.54) is 6.07 Å². The van der Waals surface area contributed by atoms with E-state index in [0.717, 1.165) is 18.5 Å². The number of halogens is 2. The second kappa shape index (κ2) is 5.31. The Balaban J connectivity index is 2.52. The third-order valence-corrected chi connectivity index (χ3v) is 4.14. The van der Waals surface area contributed by atoms with E-state index in [1.807, 2.05) is 0 Å². The molecular weight excluding hydrogens is 329 g/mol. The highest BCUT2D eigenvalue weighted by Crippen LogP contribution is 2.31. The van der Waals surface area contributed by atoms with E-state index < -0.39 is 16.0 Å². The molecule has 7 nitrogen and oxygen atoms in total. The minimum atomic E-state index is -4.00. The molecule has 0 saturated heterocycles. The van der Waals surface area contributed by atoms with Crippen LogP contribution in [0.5, 0.6) is 0 Å². The molecule has 1 heterocycles. The van der Waals surface area contributed by atoms with Crippen LogP contribution in [0.1, 0.15) is 10.4 Å². The number of carbonyl (C=O) groups is 1. The van der Waals surface area contributed by atoms with Gasteiger partial charge in [-0.3, -0.25) is 9.82 Å². The number of carboxylic acids is 1. The monoisotopic (exact) mass is 335 g/mol. The van der Waals surface area contributed by atoms with Gasteiger partial charge in [0.1, 0.15) is 4.90 Å². The van der Waals surface area contributed by atoms with Crippen molar-refractivity contribution in [2.24, 2.45) is 0 Å². The first-order chi connectivity index (χ1) is 9.31. The van der Waals surface area contributed by atoms with Gasteiger partial charge in [-0.2, -0.15) is 5.10 Å². The Kier molecular flexibility index (Phi) is 3.89. The first-order valence-corrected chi connectivity index (χ1v) is 7.29. The predicted octanol–water partition coefficient (Wildman–Crippen LogP) is 2.22. The van der Waals surface area contributed by atoms with E-state index in [-0.39, 0.29) is 26.2 Å². The first-order valence-electron chi connectivity index (χ1n) is 5.05. The summed E-state index contributed by atoms with van der Waals surface area (Å²) in [6.07, 6.45) is 2.22. The van der Waals surface area contributed by atoms with E-state index in [9.17, 15) is 13.2 Å². The smallest absolute Gasteiger partial charge is 0.337 e. The number of sulfonamides is 1. The Morgan fingerprint density at radius 3 is 2.60 bits per heavy atom. The second-order valence-corrected chi connectivity index (χ2v) is 6.18. The van der Waals surface area contributed by atoms with Gasteiger partial charge in [-0.1, -0.05) is 23.2 Å². The number of hydrogen-bond donors (Lipinski definition) is 3. The highest BCUT2D eigenvalue weighted by molar-refractivity contribution is 7.92. The van der Waals surface area contributed by atoms with Crippen LogP contribution in [0.4, 0.5) is 5.69 Å². The molecule has 0 bridgehead atoms. The summed E-state index contributed by atoms with van der Waals surface area (Å²) < 4.78 is 26.1. The predicted molar refractivity (Wildman–Crippen MR) is 72.8 cm³/mol. The quantitative estimate of drug-likeness (QED) is 0.792. The number of H-pyrrole nitrogens is 1. The van der Waals surface area contributed by atoms with Crippen LogP contribution >= 0.6 is 23.2 Å². The van der Waals surface area contributed by atoms with E-state index >= 15 is 0 Å². The number of anilines is 1. The second-order valence-electron chi connectivity index (χ2n) is 3.65. The largest absolute Gasteiger partial charge is 0.478 e. The fraction of sp³-hybridized carbons (Fsp3) is 0. The third kappa shape index (κ3) is 2.87. The van der Waals surface area contributed by atoms with Crippen LogP contribution in [0.25, 0.3) is 0 Å². The average Bonchev–Trinajstić information content (AvgIpc) is 2.86. The van der Waals surface area contributed by atoms with Gasteiger partial charge in [-0.25, -0.2) is 13.2 Å². The van der Waals surface area contributed by atoms with Crippen molar-refractivity contribution in [3.63, 3.8) is 0 Å². The number of aromatic carboxylic acids is 1. The maximum atomic E-state index is 12.0. The summed E-state index contributed by atoms with van der Waals surface area (Å²) in [5, 5.41) is 14.9. The summed E-state index contributed by atoms with van der Waals surface area (Å²) in [6.45, 7) is 0. The van der Waals surface area contributed by atoms with Crippen molar-refractivity contribution in [1.29, 1.82) is 0 Å². The summed E-state index contributed by atoms with van der Waals surface area (Å²) >= 11 is 11.5. The van der Waals surface area contributed by atoms with Gasteiger partial charge < -0.3 is 5.11 Å². The van der Waals surface area contributed by atoms with Gasteiger partial charge in [0.05, 0.1) is 22.5 Å². The van der Waals surface area contributed by atoms with Gasteiger partial charge in [0.25, 0.3) is 10.0 Å². The molecule has 1 aromatic heterocycles. The van der Waals surface area contributed by atoms with E-state index in [1.54, 1.807) is 0 Å². The summed E-state index contributed by atoms with van der Waals surface area (Å²) in [6, 6.07) is 2.34. The van der Waals surface area contributed by atoms with Crippen molar-refractivity contribution in [3.05, 3.63) is 40.1 Å². The molecule has 0 atom stereocenters. The maximum Gasteiger partial charge on any atom is 0.337 e. The third-order valence-electron chi connectivity index (χ3n) is 2.31. The van der Waals surface area contributed by atoms with Gasteiger partial charge >= 0.3 is 5.97 Å². The van der Waals surface area contributed by atoms with E-state index in [0.29, 0.717) is 0 Å². The topological polar surface area (TPSA) is 112 Å². The number of aromatic amines is 1. The molecule has 20 heavy (non-hydrogen) atoms. The van der Waals surface area contributed by atoms with Crippen LogP contribution in [0, 0.1) is 0 Å². The van der Waals surface area contributed by atoms with Crippen LogP contribution in [0.15, 0.2) is 29.4 Å². The van der Waals surface area contributed by atoms with Gasteiger partial charge in [0.15, 0.2) is 0 Å². The van der Waals surface area contributed by atoms with Crippen molar-refractivity contribution < 1.29 is 18.3 Å². The van der Waals surface area contributed by atoms with E-state index in [2.05, 4.69) is 14.9 Å². The zero-order valence-corrected chi connectivity index (χ0v) is 11.9. The van der Waals surface area contributed by atoms with Crippen molar-refractivity contribution >= 4 is 44.9 Å². The number of hydrogen-bond acceptors (Lipinski definition) is 4. The standard InChI is InChI=1S/C10H7Cl2N3O4S/c11-5-1-7(10(16)17)9(8(12)2-5)15-20(18,19)6-3-13-14-4-6/h1-4,15H,(H,13,14)(H,16,17). The van der Waals surface area contributed by atoms with Crippen molar-refractivity contribution in [2.45, 2.75) is 4.90 Å². The van der Waals surface area contributed by atoms with Gasteiger partial charge in [-0.15, -0.1) is 0 Å². The zero-order valence-electron chi connectivity index (χ0n) is 9.59. The molecule has 2 rings (SSSR count). The molecule has 0 aliphatic heterocycles. The number of nitrogens with one attached hydrogen (secondary N) is 2. The number of carboxylic acid groups (broad SMARTS) is 1. The summed E-state index contributed by atoms with van der Waals surface area (Å²) in [4.78, 5) is 11.0. The SMILES string of the molecule is O=C(O)c1cc(Cl)cc(Cl)c1NS(=O)(=O)c1cn[nH]c1. The fourth-order valence-corrected chi connectivity index (χ4v) is 3.03. The summed E-state index contributed by atoms with van der Waals surface area (Å²) in [5.74, 6) is -1.36. The molecule has 0 aliphatic rings. The first kappa shape index (κ1) is 14.6. The van der Waals surface area contributed by atoms with Gasteiger partial charge in [0, 0.05) is 11.2 Å². The van der Waals surface area contributed by atoms with Crippen LogP contribution < -0.4 is 4.72 Å². The number of aromatic nitrogens is 2. The van der Waals surface area contributed by atoms with Crippen LogP contribution in [-0.2, 0) is 10.0 Å². The Labute approximate surface area is 123 Å². The molecule has 10 heteroatoms. The van der Waals surface area contributed by atoms with Gasteiger partial charge in [-0.05, 0) is 12.1 Å². The molecule has 0 unspecified atom stereocenters. The van der Waals surface area contributed by atoms with Gasteiger partial charge in [0.2, 0.25) is 0 Å². The summed E-state index contributed by atoms with van der Waals surface area (Å²) in [7, 11) is -4.00.